The molecule has 4 rings (SSSR count). The molecule has 2 aliphatic rings. The van der Waals surface area contributed by atoms with Gasteiger partial charge in [-0.25, -0.2) is 10.9 Å². The third-order valence-electron chi connectivity index (χ3n) is 5.77. The number of aryl methyl sites for hydroxylation is 1. The highest BCUT2D eigenvalue weighted by molar-refractivity contribution is 5.93. The molecule has 0 bridgehead atoms. The van der Waals surface area contributed by atoms with Crippen molar-refractivity contribution in [2.24, 2.45) is 5.92 Å². The molecular formula is C22H27N5O2. The first-order chi connectivity index (χ1) is 14.1. The first-order valence-electron chi connectivity index (χ1n) is 10.2. The number of piperidine rings is 1. The third-order valence-corrected chi connectivity index (χ3v) is 5.77. The number of nitrogens with one attached hydrogen (secondary N) is 3. The fourth-order valence-corrected chi connectivity index (χ4v) is 4.08. The molecule has 0 spiro atoms. The maximum Gasteiger partial charge on any atom is 0.241 e. The van der Waals surface area contributed by atoms with Crippen LogP contribution in [0.4, 0.5) is 5.69 Å². The van der Waals surface area contributed by atoms with Crippen molar-refractivity contribution in [3.8, 4) is 0 Å². The number of benzene rings is 1. The highest BCUT2D eigenvalue weighted by atomic mass is 16.2. The maximum atomic E-state index is 12.9. The minimum atomic E-state index is -0.245. The van der Waals surface area contributed by atoms with Gasteiger partial charge in [-0.3, -0.25) is 14.6 Å². The molecule has 0 saturated carbocycles. The molecule has 152 valence electrons. The summed E-state index contributed by atoms with van der Waals surface area (Å²) in [6, 6.07) is 11.6. The number of amides is 2. The lowest BCUT2D eigenvalue weighted by molar-refractivity contribution is -0.136. The number of nitrogens with zero attached hydrogens (tertiary/aromatic N) is 2. The van der Waals surface area contributed by atoms with E-state index >= 15 is 0 Å². The predicted octanol–water partition coefficient (Wildman–Crippen LogP) is 2.17. The first-order valence-corrected chi connectivity index (χ1v) is 10.2. The number of carbonyl (C=O) groups excluding carboxylic acids is 2. The van der Waals surface area contributed by atoms with Crippen LogP contribution in [0.1, 0.15) is 36.4 Å². The number of anilines is 1. The normalized spacial score (nSPS) is 22.4. The predicted molar refractivity (Wildman–Crippen MR) is 111 cm³/mol. The van der Waals surface area contributed by atoms with Gasteiger partial charge in [-0.15, -0.1) is 0 Å². The molecule has 2 aliphatic heterocycles. The van der Waals surface area contributed by atoms with E-state index in [9.17, 15) is 9.59 Å². The van der Waals surface area contributed by atoms with E-state index in [-0.39, 0.29) is 29.8 Å². The SMILES string of the molecule is Cc1cccc(NC(=O)C2CCN(C(=O)C3CC(c4ccncc4)NN3)CC2)c1. The maximum absolute atomic E-state index is 12.9. The van der Waals surface area contributed by atoms with E-state index in [2.05, 4.69) is 21.2 Å². The average Bonchev–Trinajstić information content (AvgIpc) is 3.24. The van der Waals surface area contributed by atoms with Crippen LogP contribution in [0.15, 0.2) is 48.8 Å². The van der Waals surface area contributed by atoms with Crippen molar-refractivity contribution in [3.05, 3.63) is 59.9 Å². The molecule has 0 aliphatic carbocycles. The largest absolute Gasteiger partial charge is 0.341 e. The molecule has 1 aromatic carbocycles. The molecule has 2 fully saturated rings. The zero-order valence-electron chi connectivity index (χ0n) is 16.6. The monoisotopic (exact) mass is 393 g/mol. The number of hydrogen-bond acceptors (Lipinski definition) is 5. The molecule has 29 heavy (non-hydrogen) atoms. The Labute approximate surface area is 170 Å². The summed E-state index contributed by atoms with van der Waals surface area (Å²) in [6.45, 7) is 3.23. The fourth-order valence-electron chi connectivity index (χ4n) is 4.08. The zero-order chi connectivity index (χ0) is 20.2. The van der Waals surface area contributed by atoms with Gasteiger partial charge < -0.3 is 10.2 Å². The van der Waals surface area contributed by atoms with Gasteiger partial charge in [0.1, 0.15) is 6.04 Å². The van der Waals surface area contributed by atoms with E-state index in [0.29, 0.717) is 32.4 Å². The van der Waals surface area contributed by atoms with Crippen molar-refractivity contribution in [2.75, 3.05) is 18.4 Å². The fraction of sp³-hybridized carbons (Fsp3) is 0.409. The second-order valence-electron chi connectivity index (χ2n) is 7.87. The Morgan fingerprint density at radius 3 is 2.59 bits per heavy atom. The summed E-state index contributed by atoms with van der Waals surface area (Å²) in [5.41, 5.74) is 9.41. The van der Waals surface area contributed by atoms with Crippen LogP contribution >= 0.6 is 0 Å². The van der Waals surface area contributed by atoms with Crippen LogP contribution in [0.3, 0.4) is 0 Å². The van der Waals surface area contributed by atoms with E-state index in [0.717, 1.165) is 16.8 Å². The first kappa shape index (κ1) is 19.5. The van der Waals surface area contributed by atoms with Gasteiger partial charge in [-0.05, 0) is 61.6 Å². The molecule has 3 N–H and O–H groups in total. The van der Waals surface area contributed by atoms with Gasteiger partial charge in [0.15, 0.2) is 0 Å². The minimum Gasteiger partial charge on any atom is -0.341 e. The number of hydrazine groups is 1. The molecule has 2 atom stereocenters. The van der Waals surface area contributed by atoms with E-state index in [1.165, 1.54) is 0 Å². The van der Waals surface area contributed by atoms with Crippen LogP contribution in [-0.4, -0.2) is 40.8 Å². The van der Waals surface area contributed by atoms with Gasteiger partial charge in [0.2, 0.25) is 11.8 Å². The van der Waals surface area contributed by atoms with E-state index < -0.39 is 0 Å². The number of pyridine rings is 1. The molecule has 2 saturated heterocycles. The van der Waals surface area contributed by atoms with Crippen molar-refractivity contribution in [1.29, 1.82) is 0 Å². The van der Waals surface area contributed by atoms with E-state index in [4.69, 9.17) is 0 Å². The number of hydrogen-bond donors (Lipinski definition) is 3. The Kier molecular flexibility index (Phi) is 5.87. The van der Waals surface area contributed by atoms with Gasteiger partial charge in [-0.1, -0.05) is 12.1 Å². The van der Waals surface area contributed by atoms with E-state index in [1.807, 2.05) is 48.2 Å². The quantitative estimate of drug-likeness (QED) is 0.741. The van der Waals surface area contributed by atoms with Crippen LogP contribution in [0.25, 0.3) is 0 Å². The molecule has 7 nitrogen and oxygen atoms in total. The van der Waals surface area contributed by atoms with E-state index in [1.54, 1.807) is 12.4 Å². The molecule has 7 heteroatoms. The minimum absolute atomic E-state index is 0.0427. The number of rotatable bonds is 4. The summed E-state index contributed by atoms with van der Waals surface area (Å²) in [6.07, 6.45) is 5.61. The van der Waals surface area contributed by atoms with Gasteiger partial charge in [-0.2, -0.15) is 0 Å². The van der Waals surface area contributed by atoms with Gasteiger partial charge in [0, 0.05) is 43.1 Å². The Balaban J connectivity index is 1.27. The highest BCUT2D eigenvalue weighted by Gasteiger charge is 2.35. The number of carbonyl (C=O) groups is 2. The Hall–Kier alpha value is -2.77. The second-order valence-corrected chi connectivity index (χ2v) is 7.87. The topological polar surface area (TPSA) is 86.4 Å². The van der Waals surface area contributed by atoms with Crippen LogP contribution in [0.5, 0.6) is 0 Å². The number of likely N-dealkylation sites (tertiary alicyclic amines) is 1. The van der Waals surface area contributed by atoms with Crippen molar-refractivity contribution in [1.82, 2.24) is 20.7 Å². The van der Waals surface area contributed by atoms with Gasteiger partial charge in [0.05, 0.1) is 0 Å². The number of aromatic nitrogens is 1. The van der Waals surface area contributed by atoms with Gasteiger partial charge in [0.25, 0.3) is 0 Å². The van der Waals surface area contributed by atoms with Gasteiger partial charge >= 0.3 is 0 Å². The van der Waals surface area contributed by atoms with Crippen LogP contribution < -0.4 is 16.2 Å². The Morgan fingerprint density at radius 1 is 1.10 bits per heavy atom. The molecule has 2 unspecified atom stereocenters. The lowest BCUT2D eigenvalue weighted by atomic mass is 9.94. The third kappa shape index (κ3) is 4.63. The highest BCUT2D eigenvalue weighted by Crippen LogP contribution is 2.25. The van der Waals surface area contributed by atoms with Crippen LogP contribution in [-0.2, 0) is 9.59 Å². The Morgan fingerprint density at radius 2 is 1.86 bits per heavy atom. The summed E-state index contributed by atoms with van der Waals surface area (Å²) in [5, 5.41) is 3.01. The summed E-state index contributed by atoms with van der Waals surface area (Å²) < 4.78 is 0. The van der Waals surface area contributed by atoms with Crippen molar-refractivity contribution in [2.45, 2.75) is 38.3 Å². The average molecular weight is 393 g/mol. The molecule has 1 aromatic heterocycles. The molecule has 3 heterocycles. The summed E-state index contributed by atoms with van der Waals surface area (Å²) in [4.78, 5) is 31.4. The van der Waals surface area contributed by atoms with Crippen molar-refractivity contribution in [3.63, 3.8) is 0 Å². The van der Waals surface area contributed by atoms with Crippen LogP contribution in [0.2, 0.25) is 0 Å². The van der Waals surface area contributed by atoms with Crippen molar-refractivity contribution >= 4 is 17.5 Å². The summed E-state index contributed by atoms with van der Waals surface area (Å²) in [5.74, 6) is 0.0894. The molecular weight excluding hydrogens is 366 g/mol. The van der Waals surface area contributed by atoms with Crippen molar-refractivity contribution < 1.29 is 9.59 Å². The summed E-state index contributed by atoms with van der Waals surface area (Å²) in [7, 11) is 0. The zero-order valence-corrected chi connectivity index (χ0v) is 16.6. The van der Waals surface area contributed by atoms with Crippen LogP contribution in [0, 0.1) is 12.8 Å². The lowest BCUT2D eigenvalue weighted by Gasteiger charge is -2.32. The summed E-state index contributed by atoms with van der Waals surface area (Å²) >= 11 is 0. The molecule has 2 aromatic rings. The lowest BCUT2D eigenvalue weighted by Crippen LogP contribution is -2.49. The molecule has 2 amide bonds. The standard InChI is InChI=1S/C22H27N5O2/c1-15-3-2-4-18(13-15)24-21(28)17-7-11-27(12-8-17)22(29)20-14-19(25-26-20)16-5-9-23-10-6-16/h2-6,9-10,13,17,19-20,25-26H,7-8,11-12,14H2,1H3,(H,24,28). The molecule has 0 radical (unpaired) electrons. The Bertz CT molecular complexity index is 865. The second kappa shape index (κ2) is 8.71. The smallest absolute Gasteiger partial charge is 0.241 e.